The minimum absolute atomic E-state index is 0.182. The molecule has 2 aliphatic rings. The van der Waals surface area contributed by atoms with E-state index in [2.05, 4.69) is 5.32 Å². The van der Waals surface area contributed by atoms with Crippen molar-refractivity contribution in [1.82, 2.24) is 0 Å². The second-order valence-corrected chi connectivity index (χ2v) is 8.15. The Hall–Kier alpha value is -3.73. The van der Waals surface area contributed by atoms with Crippen molar-refractivity contribution >= 4 is 23.2 Å². The van der Waals surface area contributed by atoms with E-state index in [0.29, 0.717) is 22.6 Å². The maximum absolute atomic E-state index is 13.6. The summed E-state index contributed by atoms with van der Waals surface area (Å²) in [5.41, 5.74) is 2.22. The summed E-state index contributed by atoms with van der Waals surface area (Å²) in [4.78, 5) is 40.3. The smallest absolute Gasteiger partial charge is 0.236 e. The molecule has 1 fully saturated rings. The molecule has 1 saturated carbocycles. The normalized spacial score (nSPS) is 23.2. The molecule has 31 heavy (non-hydrogen) atoms. The molecule has 0 unspecified atom stereocenters. The second kappa shape index (κ2) is 6.91. The molecule has 5 nitrogen and oxygen atoms in total. The van der Waals surface area contributed by atoms with Crippen molar-refractivity contribution in [2.24, 2.45) is 11.8 Å². The SMILES string of the molecule is COc1ccc(C(=O)[C@H]2[C@H](C(=O)c3ccc(C)cc3)[C@]23C(=O)Nc2ccccc23)cc1. The van der Waals surface area contributed by atoms with Crippen molar-refractivity contribution < 1.29 is 19.1 Å². The zero-order chi connectivity index (χ0) is 21.8. The summed E-state index contributed by atoms with van der Waals surface area (Å²) >= 11 is 0. The van der Waals surface area contributed by atoms with E-state index in [4.69, 9.17) is 4.74 Å². The molecule has 5 rings (SSSR count). The number of methoxy groups -OCH3 is 1. The molecule has 1 aliphatic carbocycles. The fourth-order valence-electron chi connectivity index (χ4n) is 4.85. The van der Waals surface area contributed by atoms with Crippen LogP contribution in [-0.2, 0) is 10.2 Å². The van der Waals surface area contributed by atoms with Gasteiger partial charge in [0.25, 0.3) is 0 Å². The summed E-state index contributed by atoms with van der Waals surface area (Å²) in [5, 5.41) is 2.89. The predicted molar refractivity (Wildman–Crippen MR) is 117 cm³/mol. The molecule has 1 amide bonds. The van der Waals surface area contributed by atoms with Crippen molar-refractivity contribution in [1.29, 1.82) is 0 Å². The van der Waals surface area contributed by atoms with E-state index in [1.54, 1.807) is 43.5 Å². The highest BCUT2D eigenvalue weighted by Gasteiger charge is 2.78. The highest BCUT2D eigenvalue weighted by atomic mass is 16.5. The molecule has 3 aromatic carbocycles. The minimum atomic E-state index is -1.17. The summed E-state index contributed by atoms with van der Waals surface area (Å²) in [7, 11) is 1.56. The van der Waals surface area contributed by atoms with Gasteiger partial charge >= 0.3 is 0 Å². The van der Waals surface area contributed by atoms with Crippen LogP contribution in [0.4, 0.5) is 5.69 Å². The number of anilines is 1. The first-order valence-corrected chi connectivity index (χ1v) is 10.2. The first-order chi connectivity index (χ1) is 15.0. The van der Waals surface area contributed by atoms with Gasteiger partial charge in [0.05, 0.1) is 24.4 Å². The van der Waals surface area contributed by atoms with Crippen LogP contribution >= 0.6 is 0 Å². The van der Waals surface area contributed by atoms with Gasteiger partial charge in [-0.15, -0.1) is 0 Å². The first-order valence-electron chi connectivity index (χ1n) is 10.2. The van der Waals surface area contributed by atoms with Crippen LogP contribution in [0, 0.1) is 18.8 Å². The minimum Gasteiger partial charge on any atom is -0.497 e. The van der Waals surface area contributed by atoms with Crippen LogP contribution in [0.1, 0.15) is 31.8 Å². The summed E-state index contributed by atoms with van der Waals surface area (Å²) < 4.78 is 5.18. The molecule has 0 aromatic heterocycles. The summed E-state index contributed by atoms with van der Waals surface area (Å²) in [6.07, 6.45) is 0. The summed E-state index contributed by atoms with van der Waals surface area (Å²) in [6, 6.07) is 21.3. The van der Waals surface area contributed by atoms with Gasteiger partial charge in [-0.25, -0.2) is 0 Å². The van der Waals surface area contributed by atoms with E-state index in [1.165, 1.54) is 0 Å². The topological polar surface area (TPSA) is 72.5 Å². The fraction of sp³-hybridized carbons (Fsp3) is 0.192. The number of hydrogen-bond acceptors (Lipinski definition) is 4. The molecule has 1 N–H and O–H groups in total. The highest BCUT2D eigenvalue weighted by molar-refractivity contribution is 6.22. The number of rotatable bonds is 5. The van der Waals surface area contributed by atoms with Gasteiger partial charge in [0.2, 0.25) is 5.91 Å². The molecule has 3 atom stereocenters. The lowest BCUT2D eigenvalue weighted by atomic mass is 9.90. The van der Waals surface area contributed by atoms with Gasteiger partial charge in [-0.2, -0.15) is 0 Å². The second-order valence-electron chi connectivity index (χ2n) is 8.15. The van der Waals surface area contributed by atoms with Gasteiger partial charge in [-0.3, -0.25) is 14.4 Å². The number of carbonyl (C=O) groups is 3. The number of aryl methyl sites for hydroxylation is 1. The van der Waals surface area contributed by atoms with Crippen LogP contribution in [0.5, 0.6) is 5.75 Å². The van der Waals surface area contributed by atoms with Crippen LogP contribution in [-0.4, -0.2) is 24.6 Å². The lowest BCUT2D eigenvalue weighted by Crippen LogP contribution is -2.26. The molecular weight excluding hydrogens is 390 g/mol. The number of hydrogen-bond donors (Lipinski definition) is 1. The van der Waals surface area contributed by atoms with Gasteiger partial charge in [-0.05, 0) is 42.8 Å². The van der Waals surface area contributed by atoms with Gasteiger partial charge in [-0.1, -0.05) is 48.0 Å². The van der Waals surface area contributed by atoms with E-state index < -0.39 is 17.3 Å². The van der Waals surface area contributed by atoms with Gasteiger partial charge in [0.1, 0.15) is 5.75 Å². The third-order valence-corrected chi connectivity index (χ3v) is 6.48. The molecule has 5 heteroatoms. The summed E-state index contributed by atoms with van der Waals surface area (Å²) in [6.45, 7) is 1.95. The predicted octanol–water partition coefficient (Wildman–Crippen LogP) is 4.21. The fourth-order valence-corrected chi connectivity index (χ4v) is 4.85. The number of ether oxygens (including phenoxy) is 1. The monoisotopic (exact) mass is 411 g/mol. The Bertz CT molecular complexity index is 1210. The van der Waals surface area contributed by atoms with Gasteiger partial charge in [0, 0.05) is 16.8 Å². The third-order valence-electron chi connectivity index (χ3n) is 6.48. The van der Waals surface area contributed by atoms with Crippen molar-refractivity contribution in [3.8, 4) is 5.75 Å². The van der Waals surface area contributed by atoms with Crippen LogP contribution in [0.15, 0.2) is 72.8 Å². The molecule has 0 bridgehead atoms. The van der Waals surface area contributed by atoms with Crippen molar-refractivity contribution in [3.63, 3.8) is 0 Å². The average molecular weight is 411 g/mol. The first kappa shape index (κ1) is 19.2. The van der Waals surface area contributed by atoms with Crippen LogP contribution in [0.2, 0.25) is 0 Å². The molecule has 0 saturated heterocycles. The molecule has 0 radical (unpaired) electrons. The lowest BCUT2D eigenvalue weighted by molar-refractivity contribution is -0.118. The number of benzene rings is 3. The van der Waals surface area contributed by atoms with E-state index in [9.17, 15) is 14.4 Å². The van der Waals surface area contributed by atoms with Crippen molar-refractivity contribution in [2.75, 3.05) is 12.4 Å². The Labute approximate surface area is 180 Å². The van der Waals surface area contributed by atoms with Crippen LogP contribution in [0.25, 0.3) is 0 Å². The van der Waals surface area contributed by atoms with E-state index >= 15 is 0 Å². The van der Waals surface area contributed by atoms with Gasteiger partial charge < -0.3 is 10.1 Å². The highest BCUT2D eigenvalue weighted by Crippen LogP contribution is 2.66. The van der Waals surface area contributed by atoms with E-state index in [-0.39, 0.29) is 17.5 Å². The number of Topliss-reactive ketones (excluding diaryl/α,β-unsaturated/α-hetero) is 2. The Morgan fingerprint density at radius 3 is 1.97 bits per heavy atom. The Morgan fingerprint density at radius 2 is 1.39 bits per heavy atom. The molecule has 1 spiro atoms. The standard InChI is InChI=1S/C26H21NO4/c1-15-7-9-16(10-8-15)23(28)21-22(24(29)17-11-13-18(31-2)14-12-17)26(21)19-5-3-4-6-20(19)27-25(26)30/h3-14,21-22H,1-2H3,(H,27,30)/t21-,22-,26+/m1/s1. The summed E-state index contributed by atoms with van der Waals surface area (Å²) in [5.74, 6) is -1.53. The molecular formula is C26H21NO4. The number of amides is 1. The Kier molecular flexibility index (Phi) is 4.29. The average Bonchev–Trinajstić information content (AvgIpc) is 3.41. The maximum atomic E-state index is 13.6. The Balaban J connectivity index is 1.60. The van der Waals surface area contributed by atoms with E-state index in [0.717, 1.165) is 11.1 Å². The number of fused-ring (bicyclic) bond motifs is 2. The number of carbonyl (C=O) groups excluding carboxylic acids is 3. The quantitative estimate of drug-likeness (QED) is 0.639. The van der Waals surface area contributed by atoms with Crippen LogP contribution < -0.4 is 10.1 Å². The zero-order valence-corrected chi connectivity index (χ0v) is 17.2. The molecule has 154 valence electrons. The molecule has 1 heterocycles. The number of ketones is 2. The van der Waals surface area contributed by atoms with Crippen LogP contribution in [0.3, 0.4) is 0 Å². The molecule has 1 aliphatic heterocycles. The Morgan fingerprint density at radius 1 is 0.839 bits per heavy atom. The van der Waals surface area contributed by atoms with Gasteiger partial charge in [0.15, 0.2) is 11.6 Å². The molecule has 3 aromatic rings. The van der Waals surface area contributed by atoms with E-state index in [1.807, 2.05) is 43.3 Å². The zero-order valence-electron chi connectivity index (χ0n) is 17.2. The number of nitrogens with one attached hydrogen (secondary N) is 1. The van der Waals surface area contributed by atoms with Crippen molar-refractivity contribution in [2.45, 2.75) is 12.3 Å². The largest absolute Gasteiger partial charge is 0.497 e. The maximum Gasteiger partial charge on any atom is 0.236 e. The van der Waals surface area contributed by atoms with Crippen molar-refractivity contribution in [3.05, 3.63) is 95.1 Å². The number of para-hydroxylation sites is 1. The third kappa shape index (κ3) is 2.73. The lowest BCUT2D eigenvalue weighted by Gasteiger charge is -2.09.